The van der Waals surface area contributed by atoms with E-state index >= 15 is 0 Å². The van der Waals surface area contributed by atoms with Crippen LogP contribution in [-0.2, 0) is 15.0 Å². The molecule has 0 aromatic carbocycles. The first-order chi connectivity index (χ1) is 16.0. The van der Waals surface area contributed by atoms with Crippen molar-refractivity contribution in [3.8, 4) is 0 Å². The van der Waals surface area contributed by atoms with Crippen molar-refractivity contribution in [1.29, 1.82) is 5.41 Å². The van der Waals surface area contributed by atoms with E-state index in [0.717, 1.165) is 75.1 Å². The number of pyridine rings is 2. The summed E-state index contributed by atoms with van der Waals surface area (Å²) in [7, 11) is 0. The number of nitrogens with one attached hydrogen (secondary N) is 1. The number of ketones is 1. The summed E-state index contributed by atoms with van der Waals surface area (Å²) >= 11 is 0. The minimum Gasteiger partial charge on any atom is -0.354 e. The number of carbonyl (C=O) groups is 2. The minimum absolute atomic E-state index is 0.0648. The molecule has 33 heavy (non-hydrogen) atoms. The maximum Gasteiger partial charge on any atom is 0.186 e. The number of nitrogens with zero attached hydrogens (tertiary/aromatic N) is 4. The van der Waals surface area contributed by atoms with Crippen molar-refractivity contribution < 1.29 is 9.59 Å². The molecular formula is C26H31N5O2. The highest BCUT2D eigenvalue weighted by Gasteiger charge is 2.52. The van der Waals surface area contributed by atoms with Gasteiger partial charge in [-0.2, -0.15) is 0 Å². The zero-order valence-electron chi connectivity index (χ0n) is 19.2. The van der Waals surface area contributed by atoms with Gasteiger partial charge < -0.3 is 15.1 Å². The smallest absolute Gasteiger partial charge is 0.186 e. The van der Waals surface area contributed by atoms with Crippen LogP contribution in [-0.4, -0.2) is 64.4 Å². The van der Waals surface area contributed by atoms with Crippen molar-refractivity contribution in [1.82, 2.24) is 14.9 Å². The highest BCUT2D eigenvalue weighted by atomic mass is 16.1. The van der Waals surface area contributed by atoms with Gasteiger partial charge in [0.1, 0.15) is 12.1 Å². The topological polar surface area (TPSA) is 90.2 Å². The van der Waals surface area contributed by atoms with Gasteiger partial charge in [0.2, 0.25) is 0 Å². The van der Waals surface area contributed by atoms with Crippen molar-refractivity contribution in [3.05, 3.63) is 54.0 Å². The van der Waals surface area contributed by atoms with E-state index in [1.807, 2.05) is 37.4 Å². The molecule has 2 aromatic heterocycles. The highest BCUT2D eigenvalue weighted by molar-refractivity contribution is 6.42. The fraction of sp³-hybridized carbons (Fsp3) is 0.500. The summed E-state index contributed by atoms with van der Waals surface area (Å²) in [5.41, 5.74) is 1.39. The SMILES string of the molecule is CC(CC(=N)C(=O)C1(c2ccc(N3CCN(C4(C=O)CC4)CC3)nc2)CC1)c1cccnc1. The second-order valence-electron chi connectivity index (χ2n) is 9.88. The largest absolute Gasteiger partial charge is 0.354 e. The Labute approximate surface area is 194 Å². The molecule has 5 rings (SSSR count). The molecule has 3 fully saturated rings. The third-order valence-corrected chi connectivity index (χ3v) is 7.74. The number of piperazine rings is 1. The molecule has 1 saturated heterocycles. The van der Waals surface area contributed by atoms with Gasteiger partial charge in [-0.05, 0) is 61.3 Å². The summed E-state index contributed by atoms with van der Waals surface area (Å²) in [5, 5.41) is 8.48. The van der Waals surface area contributed by atoms with Crippen molar-refractivity contribution >= 4 is 23.6 Å². The second-order valence-corrected chi connectivity index (χ2v) is 9.88. The zero-order chi connectivity index (χ0) is 23.1. The number of Topliss-reactive ketones (excluding diaryl/α,β-unsaturated/α-hetero) is 1. The zero-order valence-corrected chi connectivity index (χ0v) is 19.2. The monoisotopic (exact) mass is 445 g/mol. The van der Waals surface area contributed by atoms with Crippen LogP contribution in [0.3, 0.4) is 0 Å². The summed E-state index contributed by atoms with van der Waals surface area (Å²) in [6, 6.07) is 7.91. The van der Waals surface area contributed by atoms with E-state index in [9.17, 15) is 9.59 Å². The number of hydrogen-bond donors (Lipinski definition) is 1. The summed E-state index contributed by atoms with van der Waals surface area (Å²) in [6.45, 7) is 5.48. The Morgan fingerprint density at radius 2 is 1.88 bits per heavy atom. The lowest BCUT2D eigenvalue weighted by atomic mass is 9.86. The molecule has 172 valence electrons. The van der Waals surface area contributed by atoms with Gasteiger partial charge in [-0.15, -0.1) is 0 Å². The Bertz CT molecular complexity index is 1040. The van der Waals surface area contributed by atoms with Gasteiger partial charge in [-0.25, -0.2) is 4.98 Å². The van der Waals surface area contributed by atoms with Crippen LogP contribution in [0.4, 0.5) is 5.82 Å². The normalized spacial score (nSPS) is 21.8. The molecular weight excluding hydrogens is 414 g/mol. The lowest BCUT2D eigenvalue weighted by molar-refractivity contribution is -0.115. The summed E-state index contributed by atoms with van der Waals surface area (Å²) < 4.78 is 0. The first kappa shape index (κ1) is 21.9. The van der Waals surface area contributed by atoms with Gasteiger partial charge in [0.25, 0.3) is 0 Å². The van der Waals surface area contributed by atoms with Crippen LogP contribution in [0.15, 0.2) is 42.9 Å². The molecule has 1 atom stereocenters. The molecule has 3 aliphatic rings. The Hall–Kier alpha value is -2.93. The van der Waals surface area contributed by atoms with Crippen LogP contribution in [0.2, 0.25) is 0 Å². The number of aldehydes is 1. The molecule has 1 N–H and O–H groups in total. The minimum atomic E-state index is -0.571. The van der Waals surface area contributed by atoms with Gasteiger partial charge in [0, 0.05) is 44.8 Å². The van der Waals surface area contributed by atoms with E-state index in [1.54, 1.807) is 12.4 Å². The highest BCUT2D eigenvalue weighted by Crippen LogP contribution is 2.49. The molecule has 0 amide bonds. The van der Waals surface area contributed by atoms with Crippen LogP contribution < -0.4 is 4.90 Å². The number of hydrogen-bond acceptors (Lipinski definition) is 7. The third-order valence-electron chi connectivity index (χ3n) is 7.74. The van der Waals surface area contributed by atoms with Crippen molar-refractivity contribution in [3.63, 3.8) is 0 Å². The van der Waals surface area contributed by atoms with Crippen LogP contribution in [0.5, 0.6) is 0 Å². The fourth-order valence-corrected chi connectivity index (χ4v) is 5.12. The molecule has 0 spiro atoms. The predicted octanol–water partition coefficient (Wildman–Crippen LogP) is 3.14. The molecule has 1 aliphatic heterocycles. The molecule has 0 radical (unpaired) electrons. The molecule has 2 aromatic rings. The molecule has 2 saturated carbocycles. The number of rotatable bonds is 9. The molecule has 1 unspecified atom stereocenters. The van der Waals surface area contributed by atoms with Gasteiger partial charge >= 0.3 is 0 Å². The van der Waals surface area contributed by atoms with Gasteiger partial charge in [-0.1, -0.05) is 19.1 Å². The number of aromatic nitrogens is 2. The average molecular weight is 446 g/mol. The first-order valence-corrected chi connectivity index (χ1v) is 11.9. The van der Waals surface area contributed by atoms with Crippen molar-refractivity contribution in [2.45, 2.75) is 55.9 Å². The van der Waals surface area contributed by atoms with Crippen molar-refractivity contribution in [2.24, 2.45) is 0 Å². The fourth-order valence-electron chi connectivity index (χ4n) is 5.12. The van der Waals surface area contributed by atoms with Crippen LogP contribution in [0, 0.1) is 5.41 Å². The molecule has 3 heterocycles. The quantitative estimate of drug-likeness (QED) is 0.471. The Balaban J connectivity index is 1.21. The van der Waals surface area contributed by atoms with Crippen LogP contribution in [0.25, 0.3) is 0 Å². The van der Waals surface area contributed by atoms with Crippen LogP contribution >= 0.6 is 0 Å². The molecule has 7 heteroatoms. The number of carbonyl (C=O) groups excluding carboxylic acids is 2. The molecule has 2 aliphatic carbocycles. The molecule has 7 nitrogen and oxygen atoms in total. The van der Waals surface area contributed by atoms with Gasteiger partial charge in [0.05, 0.1) is 16.7 Å². The summed E-state index contributed by atoms with van der Waals surface area (Å²) in [6.07, 6.45) is 10.4. The number of anilines is 1. The lowest BCUT2D eigenvalue weighted by Gasteiger charge is -2.38. The third kappa shape index (κ3) is 4.10. The lowest BCUT2D eigenvalue weighted by Crippen LogP contribution is -2.52. The van der Waals surface area contributed by atoms with E-state index in [2.05, 4.69) is 19.8 Å². The maximum absolute atomic E-state index is 13.2. The summed E-state index contributed by atoms with van der Waals surface area (Å²) in [4.78, 5) is 38.0. The Morgan fingerprint density at radius 3 is 2.42 bits per heavy atom. The average Bonchev–Trinajstić information content (AvgIpc) is 3.79. The van der Waals surface area contributed by atoms with E-state index in [1.165, 1.54) is 0 Å². The van der Waals surface area contributed by atoms with E-state index in [-0.39, 0.29) is 23.0 Å². The Kier molecular flexibility index (Phi) is 5.60. The summed E-state index contributed by atoms with van der Waals surface area (Å²) in [5.74, 6) is 0.932. The second kappa shape index (κ2) is 8.45. The standard InChI is InChI=1S/C26H31N5O2/c1-19(20-3-2-10-28-16-20)15-22(27)24(33)26(8-9-26)21-4-5-23(29-17-21)30-11-13-31(14-12-30)25(18-32)6-7-25/h2-5,10,16-19,27H,6-9,11-15H2,1H3. The maximum atomic E-state index is 13.2. The van der Waals surface area contributed by atoms with Crippen molar-refractivity contribution in [2.75, 3.05) is 31.1 Å². The van der Waals surface area contributed by atoms with Crippen LogP contribution in [0.1, 0.15) is 56.1 Å². The van der Waals surface area contributed by atoms with Gasteiger partial charge in [-0.3, -0.25) is 14.7 Å². The van der Waals surface area contributed by atoms with Gasteiger partial charge in [0.15, 0.2) is 5.78 Å². The molecule has 0 bridgehead atoms. The van der Waals surface area contributed by atoms with E-state index < -0.39 is 5.41 Å². The first-order valence-electron chi connectivity index (χ1n) is 11.9. The predicted molar refractivity (Wildman–Crippen MR) is 127 cm³/mol. The van der Waals surface area contributed by atoms with E-state index in [0.29, 0.717) is 6.42 Å². The Morgan fingerprint density at radius 1 is 1.12 bits per heavy atom. The van der Waals surface area contributed by atoms with E-state index in [4.69, 9.17) is 5.41 Å².